The van der Waals surface area contributed by atoms with Crippen molar-refractivity contribution < 1.29 is 8.42 Å². The van der Waals surface area contributed by atoms with Gasteiger partial charge in [0.1, 0.15) is 4.21 Å². The number of anilines is 1. The molecule has 1 N–H and O–H groups in total. The molecule has 0 saturated heterocycles. The highest BCUT2D eigenvalue weighted by molar-refractivity contribution is 9.11. The van der Waals surface area contributed by atoms with Gasteiger partial charge in [0.25, 0.3) is 10.0 Å². The fourth-order valence-corrected chi connectivity index (χ4v) is 5.27. The van der Waals surface area contributed by atoms with E-state index in [0.717, 1.165) is 16.9 Å². The number of hydrogen-bond acceptors (Lipinski definition) is 3. The van der Waals surface area contributed by atoms with E-state index >= 15 is 0 Å². The monoisotopic (exact) mass is 413 g/mol. The van der Waals surface area contributed by atoms with E-state index in [1.165, 1.54) is 6.07 Å². The maximum Gasteiger partial charge on any atom is 0.271 e. The quantitative estimate of drug-likeness (QED) is 0.693. The number of benzene rings is 1. The molecule has 1 aromatic carbocycles. The highest BCUT2D eigenvalue weighted by Crippen LogP contribution is 2.36. The molecule has 0 aliphatic heterocycles. The Morgan fingerprint density at radius 2 is 2.00 bits per heavy atom. The van der Waals surface area contributed by atoms with Gasteiger partial charge >= 0.3 is 0 Å². The lowest BCUT2D eigenvalue weighted by Gasteiger charge is -2.12. The minimum Gasteiger partial charge on any atom is -0.279 e. The fourth-order valence-electron chi connectivity index (χ4n) is 1.59. The van der Waals surface area contributed by atoms with Gasteiger partial charge in [0.2, 0.25) is 0 Å². The molecule has 2 aromatic rings. The molecule has 0 bridgehead atoms. The third-order valence-corrected chi connectivity index (χ3v) is 7.07. The molecule has 8 heteroatoms. The van der Waals surface area contributed by atoms with E-state index < -0.39 is 10.0 Å². The lowest BCUT2D eigenvalue weighted by atomic mass is 10.1. The van der Waals surface area contributed by atoms with Crippen molar-refractivity contribution in [1.82, 2.24) is 0 Å². The van der Waals surface area contributed by atoms with Crippen LogP contribution < -0.4 is 4.72 Å². The van der Waals surface area contributed by atoms with Crippen LogP contribution in [0.2, 0.25) is 5.02 Å². The first-order valence-electron chi connectivity index (χ1n) is 5.52. The first-order chi connectivity index (χ1) is 9.31. The summed E-state index contributed by atoms with van der Waals surface area (Å²) in [6.07, 6.45) is 0. The standard InChI is InChI=1S/C12H10BrCl2NO2S2/c1-7(14)8-4-2-3-5-10(8)16-20(17,18)11-6-9(15)12(13)19-11/h2-7,16H,1H3. The molecule has 2 rings (SSSR count). The summed E-state index contributed by atoms with van der Waals surface area (Å²) in [5.74, 6) is 0. The molecule has 0 spiro atoms. The van der Waals surface area contributed by atoms with Gasteiger partial charge in [-0.3, -0.25) is 4.72 Å². The smallest absolute Gasteiger partial charge is 0.271 e. The Morgan fingerprint density at radius 3 is 2.55 bits per heavy atom. The number of sulfonamides is 1. The van der Waals surface area contributed by atoms with Gasteiger partial charge < -0.3 is 0 Å². The molecule has 0 aliphatic rings. The second kappa shape index (κ2) is 6.23. The summed E-state index contributed by atoms with van der Waals surface area (Å²) in [6, 6.07) is 8.43. The third kappa shape index (κ3) is 3.49. The molecule has 3 nitrogen and oxygen atoms in total. The van der Waals surface area contributed by atoms with Crippen molar-refractivity contribution >= 4 is 66.2 Å². The average Bonchev–Trinajstić information content (AvgIpc) is 2.70. The van der Waals surface area contributed by atoms with E-state index in [1.54, 1.807) is 25.1 Å². The molecular weight excluding hydrogens is 405 g/mol. The summed E-state index contributed by atoms with van der Waals surface area (Å²) in [4.78, 5) is 0. The number of para-hydroxylation sites is 1. The van der Waals surface area contributed by atoms with Crippen LogP contribution in [0.25, 0.3) is 0 Å². The molecule has 1 atom stereocenters. The van der Waals surface area contributed by atoms with Crippen molar-refractivity contribution in [2.75, 3.05) is 4.72 Å². The van der Waals surface area contributed by atoms with Crippen LogP contribution >= 0.6 is 50.5 Å². The van der Waals surface area contributed by atoms with Crippen molar-refractivity contribution in [1.29, 1.82) is 0 Å². The average molecular weight is 415 g/mol. The molecule has 0 amide bonds. The van der Waals surface area contributed by atoms with Crippen LogP contribution in [0.3, 0.4) is 0 Å². The molecule has 0 fully saturated rings. The Kier molecular flexibility index (Phi) is 5.02. The van der Waals surface area contributed by atoms with Crippen LogP contribution in [0.4, 0.5) is 5.69 Å². The minimum absolute atomic E-state index is 0.145. The van der Waals surface area contributed by atoms with Crippen LogP contribution in [0.1, 0.15) is 17.9 Å². The van der Waals surface area contributed by atoms with Crippen molar-refractivity contribution in [3.63, 3.8) is 0 Å². The Labute approximate surface area is 140 Å². The molecular formula is C12H10BrCl2NO2S2. The summed E-state index contributed by atoms with van der Waals surface area (Å²) in [6.45, 7) is 1.79. The summed E-state index contributed by atoms with van der Waals surface area (Å²) in [5.41, 5.74) is 1.19. The molecule has 1 unspecified atom stereocenters. The Balaban J connectivity index is 2.38. The SMILES string of the molecule is CC(Cl)c1ccccc1NS(=O)(=O)c1cc(Cl)c(Br)s1. The van der Waals surface area contributed by atoms with E-state index in [1.807, 2.05) is 6.07 Å². The molecule has 0 radical (unpaired) electrons. The van der Waals surface area contributed by atoms with Crippen LogP contribution in [0.5, 0.6) is 0 Å². The molecule has 0 aliphatic carbocycles. The number of rotatable bonds is 4. The van der Waals surface area contributed by atoms with E-state index in [-0.39, 0.29) is 9.59 Å². The molecule has 108 valence electrons. The summed E-state index contributed by atoms with van der Waals surface area (Å²) >= 11 is 16.2. The Hall–Kier alpha value is -0.270. The van der Waals surface area contributed by atoms with Crippen LogP contribution in [0.15, 0.2) is 38.3 Å². The van der Waals surface area contributed by atoms with Crippen molar-refractivity contribution in [3.05, 3.63) is 44.7 Å². The van der Waals surface area contributed by atoms with Gasteiger partial charge in [0.05, 0.1) is 19.9 Å². The van der Waals surface area contributed by atoms with Gasteiger partial charge in [-0.1, -0.05) is 29.8 Å². The zero-order chi connectivity index (χ0) is 14.9. The summed E-state index contributed by atoms with van der Waals surface area (Å²) < 4.78 is 27.9. The highest BCUT2D eigenvalue weighted by Gasteiger charge is 2.21. The zero-order valence-electron chi connectivity index (χ0n) is 10.2. The lowest BCUT2D eigenvalue weighted by molar-refractivity contribution is 0.603. The maximum absolute atomic E-state index is 12.3. The predicted octanol–water partition coefficient (Wildman–Crippen LogP) is 5.26. The number of alkyl halides is 1. The van der Waals surface area contributed by atoms with Crippen LogP contribution in [-0.2, 0) is 10.0 Å². The normalized spacial score (nSPS) is 13.2. The largest absolute Gasteiger partial charge is 0.279 e. The van der Waals surface area contributed by atoms with Gasteiger partial charge in [-0.05, 0) is 40.5 Å². The van der Waals surface area contributed by atoms with Gasteiger partial charge in [-0.2, -0.15) is 0 Å². The number of nitrogens with one attached hydrogen (secondary N) is 1. The van der Waals surface area contributed by atoms with Crippen molar-refractivity contribution in [3.8, 4) is 0 Å². The molecule has 0 saturated carbocycles. The molecule has 1 heterocycles. The van der Waals surface area contributed by atoms with Crippen LogP contribution in [-0.4, -0.2) is 8.42 Å². The van der Waals surface area contributed by atoms with Gasteiger partial charge in [-0.15, -0.1) is 22.9 Å². The van der Waals surface area contributed by atoms with Crippen molar-refractivity contribution in [2.45, 2.75) is 16.5 Å². The van der Waals surface area contributed by atoms with E-state index in [9.17, 15) is 8.42 Å². The minimum atomic E-state index is -3.68. The summed E-state index contributed by atoms with van der Waals surface area (Å²) in [7, 11) is -3.68. The number of hydrogen-bond donors (Lipinski definition) is 1. The summed E-state index contributed by atoms with van der Waals surface area (Å²) in [5, 5.41) is 0.0712. The Morgan fingerprint density at radius 1 is 1.35 bits per heavy atom. The van der Waals surface area contributed by atoms with Crippen LogP contribution in [0, 0.1) is 0 Å². The third-order valence-electron chi connectivity index (χ3n) is 2.52. The first-order valence-corrected chi connectivity index (χ1v) is 9.42. The van der Waals surface area contributed by atoms with E-state index in [4.69, 9.17) is 23.2 Å². The number of halogens is 3. The lowest BCUT2D eigenvalue weighted by Crippen LogP contribution is -2.13. The first kappa shape index (κ1) is 16.1. The van der Waals surface area contributed by atoms with E-state index in [2.05, 4.69) is 20.7 Å². The topological polar surface area (TPSA) is 46.2 Å². The predicted molar refractivity (Wildman–Crippen MR) is 88.5 cm³/mol. The zero-order valence-corrected chi connectivity index (χ0v) is 15.0. The van der Waals surface area contributed by atoms with Crippen molar-refractivity contribution in [2.24, 2.45) is 0 Å². The number of thiophene rings is 1. The molecule has 1 aromatic heterocycles. The highest BCUT2D eigenvalue weighted by atomic mass is 79.9. The van der Waals surface area contributed by atoms with Gasteiger partial charge in [0.15, 0.2) is 0 Å². The fraction of sp³-hybridized carbons (Fsp3) is 0.167. The second-order valence-corrected chi connectivity index (χ2v) is 9.34. The second-order valence-electron chi connectivity index (χ2n) is 4.00. The maximum atomic E-state index is 12.3. The van der Waals surface area contributed by atoms with Gasteiger partial charge in [-0.25, -0.2) is 8.42 Å². The Bertz CT molecular complexity index is 709. The van der Waals surface area contributed by atoms with E-state index in [0.29, 0.717) is 14.5 Å². The van der Waals surface area contributed by atoms with Gasteiger partial charge in [0, 0.05) is 0 Å². The molecule has 20 heavy (non-hydrogen) atoms.